The molecule has 0 N–H and O–H groups in total. The van der Waals surface area contributed by atoms with E-state index in [1.807, 2.05) is 6.07 Å². The van der Waals surface area contributed by atoms with Gasteiger partial charge in [-0.05, 0) is 83.5 Å². The van der Waals surface area contributed by atoms with Crippen LogP contribution < -0.4 is 0 Å². The number of hydrogen-bond donors (Lipinski definition) is 0. The lowest BCUT2D eigenvalue weighted by Crippen LogP contribution is -1.97. The van der Waals surface area contributed by atoms with Gasteiger partial charge < -0.3 is 0 Å². The molecule has 1 heterocycles. The van der Waals surface area contributed by atoms with E-state index in [2.05, 4.69) is 152 Å². The van der Waals surface area contributed by atoms with Crippen LogP contribution in [0.1, 0.15) is 0 Å². The molecule has 0 amide bonds. The molecule has 2 heteroatoms. The molecular weight excluding hydrogens is 556 g/mol. The van der Waals surface area contributed by atoms with Gasteiger partial charge in [0.1, 0.15) is 0 Å². The van der Waals surface area contributed by atoms with Gasteiger partial charge in [-0.25, -0.2) is 9.97 Å². The highest BCUT2D eigenvalue weighted by atomic mass is 14.9. The van der Waals surface area contributed by atoms with Crippen molar-refractivity contribution in [2.75, 3.05) is 0 Å². The Morgan fingerprint density at radius 3 is 1.87 bits per heavy atom. The predicted molar refractivity (Wildman–Crippen MR) is 193 cm³/mol. The Balaban J connectivity index is 1.26. The Morgan fingerprint density at radius 1 is 0.326 bits per heavy atom. The second kappa shape index (κ2) is 9.69. The van der Waals surface area contributed by atoms with Crippen molar-refractivity contribution in [1.29, 1.82) is 0 Å². The molecule has 0 fully saturated rings. The average Bonchev–Trinajstić information content (AvgIpc) is 3.45. The molecule has 9 aromatic rings. The molecule has 212 valence electrons. The minimum absolute atomic E-state index is 0.723. The van der Waals surface area contributed by atoms with Gasteiger partial charge in [0.2, 0.25) is 0 Å². The molecule has 0 radical (unpaired) electrons. The maximum atomic E-state index is 5.30. The van der Waals surface area contributed by atoms with E-state index in [9.17, 15) is 0 Å². The summed E-state index contributed by atoms with van der Waals surface area (Å²) >= 11 is 0. The lowest BCUT2D eigenvalue weighted by molar-refractivity contribution is 1.19. The molecule has 0 spiro atoms. The number of benzene rings is 8. The summed E-state index contributed by atoms with van der Waals surface area (Å²) < 4.78 is 0. The van der Waals surface area contributed by atoms with Gasteiger partial charge in [0.05, 0.1) is 11.4 Å². The van der Waals surface area contributed by atoms with E-state index < -0.39 is 0 Å². The summed E-state index contributed by atoms with van der Waals surface area (Å²) in [6, 6.07) is 56.7. The zero-order valence-corrected chi connectivity index (χ0v) is 24.9. The van der Waals surface area contributed by atoms with Crippen LogP contribution in [-0.2, 0) is 0 Å². The molecule has 46 heavy (non-hydrogen) atoms. The smallest absolute Gasteiger partial charge is 0.160 e. The molecule has 8 aromatic carbocycles. The van der Waals surface area contributed by atoms with E-state index in [4.69, 9.17) is 9.97 Å². The molecule has 0 aliphatic heterocycles. The van der Waals surface area contributed by atoms with Gasteiger partial charge in [-0.3, -0.25) is 0 Å². The van der Waals surface area contributed by atoms with Gasteiger partial charge >= 0.3 is 0 Å². The van der Waals surface area contributed by atoms with Gasteiger partial charge in [-0.2, -0.15) is 0 Å². The summed E-state index contributed by atoms with van der Waals surface area (Å²) in [5, 5.41) is 9.90. The first-order valence-corrected chi connectivity index (χ1v) is 15.8. The van der Waals surface area contributed by atoms with Crippen molar-refractivity contribution in [3.05, 3.63) is 158 Å². The van der Waals surface area contributed by atoms with Gasteiger partial charge in [0, 0.05) is 16.7 Å². The summed E-state index contributed by atoms with van der Waals surface area (Å²) in [4.78, 5) is 10.5. The number of nitrogens with zero attached hydrogens (tertiary/aromatic N) is 2. The Labute approximate surface area is 266 Å². The van der Waals surface area contributed by atoms with Gasteiger partial charge in [-0.1, -0.05) is 140 Å². The first-order valence-electron chi connectivity index (χ1n) is 15.8. The molecule has 0 saturated carbocycles. The fraction of sp³-hybridized carbons (Fsp3) is 0. The maximum absolute atomic E-state index is 5.30. The summed E-state index contributed by atoms with van der Waals surface area (Å²) in [6.45, 7) is 0. The Morgan fingerprint density at radius 2 is 1.02 bits per heavy atom. The van der Waals surface area contributed by atoms with E-state index in [0.717, 1.165) is 33.9 Å². The number of aromatic nitrogens is 2. The number of fused-ring (bicyclic) bond motifs is 7. The molecule has 0 unspecified atom stereocenters. The van der Waals surface area contributed by atoms with Crippen molar-refractivity contribution in [2.24, 2.45) is 0 Å². The topological polar surface area (TPSA) is 25.8 Å². The third-order valence-electron chi connectivity index (χ3n) is 9.58. The largest absolute Gasteiger partial charge is 0.228 e. The molecule has 1 aliphatic carbocycles. The zero-order chi connectivity index (χ0) is 30.2. The Kier molecular flexibility index (Phi) is 5.31. The average molecular weight is 583 g/mol. The van der Waals surface area contributed by atoms with Crippen LogP contribution in [0.2, 0.25) is 0 Å². The van der Waals surface area contributed by atoms with Gasteiger partial charge in [0.25, 0.3) is 0 Å². The van der Waals surface area contributed by atoms with Crippen LogP contribution >= 0.6 is 0 Å². The molecule has 1 aliphatic rings. The third kappa shape index (κ3) is 3.71. The number of hydrogen-bond acceptors (Lipinski definition) is 2. The molecule has 0 atom stereocenters. The van der Waals surface area contributed by atoms with Crippen molar-refractivity contribution in [2.45, 2.75) is 0 Å². The molecule has 1 aromatic heterocycles. The van der Waals surface area contributed by atoms with E-state index >= 15 is 0 Å². The molecule has 10 rings (SSSR count). The quantitative estimate of drug-likeness (QED) is 0.153. The molecule has 0 saturated heterocycles. The highest BCUT2D eigenvalue weighted by Gasteiger charge is 2.22. The summed E-state index contributed by atoms with van der Waals surface area (Å²) in [6.07, 6.45) is 0. The van der Waals surface area contributed by atoms with Crippen LogP contribution in [0.5, 0.6) is 0 Å². The molecule has 2 nitrogen and oxygen atoms in total. The third-order valence-corrected chi connectivity index (χ3v) is 9.58. The lowest BCUT2D eigenvalue weighted by atomic mass is 9.91. The lowest BCUT2D eigenvalue weighted by Gasteiger charge is -2.15. The van der Waals surface area contributed by atoms with Crippen molar-refractivity contribution in [3.8, 4) is 56.2 Å². The second-order valence-corrected chi connectivity index (χ2v) is 12.2. The van der Waals surface area contributed by atoms with Crippen molar-refractivity contribution in [3.63, 3.8) is 0 Å². The summed E-state index contributed by atoms with van der Waals surface area (Å²) in [5.41, 5.74) is 10.2. The number of rotatable bonds is 3. The highest BCUT2D eigenvalue weighted by Crippen LogP contribution is 2.48. The second-order valence-electron chi connectivity index (χ2n) is 12.2. The van der Waals surface area contributed by atoms with Gasteiger partial charge in [-0.15, -0.1) is 0 Å². The normalized spacial score (nSPS) is 11.9. The zero-order valence-electron chi connectivity index (χ0n) is 24.9. The van der Waals surface area contributed by atoms with E-state index in [0.29, 0.717) is 0 Å². The van der Waals surface area contributed by atoms with Crippen molar-refractivity contribution in [1.82, 2.24) is 9.97 Å². The molecule has 0 bridgehead atoms. The summed E-state index contributed by atoms with van der Waals surface area (Å²) in [5.74, 6) is 0.723. The Bertz CT molecular complexity index is 2680. The fourth-order valence-electron chi connectivity index (χ4n) is 7.49. The van der Waals surface area contributed by atoms with E-state index in [-0.39, 0.29) is 0 Å². The van der Waals surface area contributed by atoms with Crippen molar-refractivity contribution >= 4 is 43.1 Å². The fourth-order valence-corrected chi connectivity index (χ4v) is 7.49. The first kappa shape index (κ1) is 25.2. The summed E-state index contributed by atoms with van der Waals surface area (Å²) in [7, 11) is 0. The maximum Gasteiger partial charge on any atom is 0.160 e. The van der Waals surface area contributed by atoms with Crippen LogP contribution in [0.3, 0.4) is 0 Å². The van der Waals surface area contributed by atoms with E-state index in [1.165, 1.54) is 65.3 Å². The first-order chi connectivity index (χ1) is 22.8. The van der Waals surface area contributed by atoms with Gasteiger partial charge in [0.15, 0.2) is 5.82 Å². The van der Waals surface area contributed by atoms with Crippen LogP contribution in [0.15, 0.2) is 158 Å². The standard InChI is InChI=1S/C44H26N2/c1-2-11-29(12-3-1)44-45-40(31-21-22-34-35-18-8-14-28-15-9-19-36(42(28)35)39(34)25-31)26-41(46-44)43-33-17-7-5-13-30(33)24-38-32-16-6-4-10-27(32)20-23-37(38)43/h1-26H. The van der Waals surface area contributed by atoms with Crippen LogP contribution in [0.25, 0.3) is 99.2 Å². The van der Waals surface area contributed by atoms with E-state index in [1.54, 1.807) is 0 Å². The predicted octanol–water partition coefficient (Wildman–Crippen LogP) is 11.7. The Hall–Kier alpha value is -6.12. The SMILES string of the molecule is c1ccc(-c2nc(-c3ccc4c(c3)-c3cccc5cccc-4c35)cc(-c3c4ccccc4cc4c3ccc3ccccc34)n2)cc1. The van der Waals surface area contributed by atoms with Crippen molar-refractivity contribution < 1.29 is 0 Å². The minimum atomic E-state index is 0.723. The molecular formula is C44H26N2. The van der Waals surface area contributed by atoms with Crippen LogP contribution in [-0.4, -0.2) is 9.97 Å². The van der Waals surface area contributed by atoms with Crippen LogP contribution in [0, 0.1) is 0 Å². The minimum Gasteiger partial charge on any atom is -0.228 e. The van der Waals surface area contributed by atoms with Crippen LogP contribution in [0.4, 0.5) is 0 Å². The monoisotopic (exact) mass is 582 g/mol. The highest BCUT2D eigenvalue weighted by molar-refractivity contribution is 6.20.